The molecule has 3 nitrogen and oxygen atoms in total. The fourth-order valence-corrected chi connectivity index (χ4v) is 3.54. The van der Waals surface area contributed by atoms with Crippen molar-refractivity contribution in [3.05, 3.63) is 0 Å². The van der Waals surface area contributed by atoms with Crippen LogP contribution in [0.1, 0.15) is 39.0 Å². The zero-order valence-electron chi connectivity index (χ0n) is 11.6. The molecule has 100 valence electrons. The molecule has 0 spiro atoms. The van der Waals surface area contributed by atoms with Crippen LogP contribution in [0.4, 0.5) is 0 Å². The third-order valence-electron chi connectivity index (χ3n) is 4.70. The average molecular weight is 239 g/mol. The van der Waals surface area contributed by atoms with Gasteiger partial charge in [-0.05, 0) is 58.2 Å². The second-order valence-electron chi connectivity index (χ2n) is 6.13. The van der Waals surface area contributed by atoms with E-state index in [1.54, 1.807) is 0 Å². The van der Waals surface area contributed by atoms with Gasteiger partial charge < -0.3 is 10.6 Å². The van der Waals surface area contributed by atoms with Gasteiger partial charge in [0.1, 0.15) is 0 Å². The van der Waals surface area contributed by atoms with Crippen LogP contribution >= 0.6 is 0 Å². The molecule has 2 aliphatic heterocycles. The van der Waals surface area contributed by atoms with Gasteiger partial charge in [0.25, 0.3) is 0 Å². The van der Waals surface area contributed by atoms with Crippen molar-refractivity contribution in [3.63, 3.8) is 0 Å². The molecular formula is C14H29N3. The van der Waals surface area contributed by atoms with Gasteiger partial charge >= 0.3 is 0 Å². The zero-order chi connectivity index (χ0) is 12.3. The quantitative estimate of drug-likeness (QED) is 0.790. The molecule has 3 heteroatoms. The van der Waals surface area contributed by atoms with E-state index in [9.17, 15) is 0 Å². The summed E-state index contributed by atoms with van der Waals surface area (Å²) < 4.78 is 0. The second-order valence-corrected chi connectivity index (χ2v) is 6.13. The number of hydrogen-bond acceptors (Lipinski definition) is 3. The highest BCUT2D eigenvalue weighted by Crippen LogP contribution is 2.28. The SMILES string of the molecule is CC(CCCN)CN1CCC2CCC(C1)N2C. The van der Waals surface area contributed by atoms with Gasteiger partial charge in [-0.2, -0.15) is 0 Å². The Bertz CT molecular complexity index is 232. The first-order valence-corrected chi connectivity index (χ1v) is 7.35. The standard InChI is InChI=1S/C14H29N3/c1-12(4-3-8-15)10-17-9-7-13-5-6-14(11-17)16(13)2/h12-14H,3-11,15H2,1-2H3. The molecule has 0 amide bonds. The minimum Gasteiger partial charge on any atom is -0.330 e. The summed E-state index contributed by atoms with van der Waals surface area (Å²) in [7, 11) is 2.32. The molecule has 2 aliphatic rings. The van der Waals surface area contributed by atoms with E-state index in [2.05, 4.69) is 23.8 Å². The molecule has 0 aromatic rings. The van der Waals surface area contributed by atoms with Crippen molar-refractivity contribution in [2.24, 2.45) is 11.7 Å². The summed E-state index contributed by atoms with van der Waals surface area (Å²) in [4.78, 5) is 5.33. The summed E-state index contributed by atoms with van der Waals surface area (Å²) in [6.45, 7) is 7.09. The van der Waals surface area contributed by atoms with E-state index in [1.807, 2.05) is 0 Å². The summed E-state index contributed by atoms with van der Waals surface area (Å²) in [5, 5.41) is 0. The fraction of sp³-hybridized carbons (Fsp3) is 1.00. The summed E-state index contributed by atoms with van der Waals surface area (Å²) in [5.74, 6) is 0.806. The molecule has 0 aliphatic carbocycles. The van der Waals surface area contributed by atoms with Gasteiger partial charge in [0.2, 0.25) is 0 Å². The Morgan fingerprint density at radius 2 is 2.00 bits per heavy atom. The zero-order valence-corrected chi connectivity index (χ0v) is 11.6. The third-order valence-corrected chi connectivity index (χ3v) is 4.70. The highest BCUT2D eigenvalue weighted by molar-refractivity contribution is 4.91. The number of likely N-dealkylation sites (tertiary alicyclic amines) is 1. The maximum absolute atomic E-state index is 5.58. The predicted molar refractivity (Wildman–Crippen MR) is 73.1 cm³/mol. The lowest BCUT2D eigenvalue weighted by Gasteiger charge is -2.28. The van der Waals surface area contributed by atoms with Crippen LogP contribution in [0.2, 0.25) is 0 Å². The minimum absolute atomic E-state index is 0.806. The lowest BCUT2D eigenvalue weighted by molar-refractivity contribution is 0.198. The Balaban J connectivity index is 1.78. The van der Waals surface area contributed by atoms with Crippen molar-refractivity contribution in [2.75, 3.05) is 33.2 Å². The van der Waals surface area contributed by atoms with E-state index >= 15 is 0 Å². The lowest BCUT2D eigenvalue weighted by atomic mass is 10.0. The van der Waals surface area contributed by atoms with Gasteiger partial charge in [-0.15, -0.1) is 0 Å². The molecule has 2 saturated heterocycles. The van der Waals surface area contributed by atoms with E-state index < -0.39 is 0 Å². The molecule has 0 aromatic heterocycles. The van der Waals surface area contributed by atoms with E-state index in [0.29, 0.717) is 0 Å². The molecule has 3 unspecified atom stereocenters. The number of nitrogens with zero attached hydrogens (tertiary/aromatic N) is 2. The van der Waals surface area contributed by atoms with Crippen LogP contribution in [0.3, 0.4) is 0 Å². The van der Waals surface area contributed by atoms with Gasteiger partial charge in [0, 0.05) is 25.2 Å². The van der Waals surface area contributed by atoms with Crippen molar-refractivity contribution in [1.82, 2.24) is 9.80 Å². The molecule has 2 fully saturated rings. The number of nitrogens with two attached hydrogens (primary N) is 1. The smallest absolute Gasteiger partial charge is 0.0223 e. The van der Waals surface area contributed by atoms with Crippen molar-refractivity contribution in [2.45, 2.75) is 51.1 Å². The molecule has 2 bridgehead atoms. The second kappa shape index (κ2) is 6.17. The van der Waals surface area contributed by atoms with Crippen molar-refractivity contribution < 1.29 is 0 Å². The third kappa shape index (κ3) is 3.43. The number of hydrogen-bond donors (Lipinski definition) is 1. The Hall–Kier alpha value is -0.120. The highest BCUT2D eigenvalue weighted by Gasteiger charge is 2.34. The van der Waals surface area contributed by atoms with Crippen LogP contribution in [0.15, 0.2) is 0 Å². The number of likely N-dealkylation sites (N-methyl/N-ethyl adjacent to an activating group) is 1. The largest absolute Gasteiger partial charge is 0.330 e. The monoisotopic (exact) mass is 239 g/mol. The van der Waals surface area contributed by atoms with Crippen LogP contribution in [0, 0.1) is 5.92 Å². The molecule has 2 N–H and O–H groups in total. The maximum Gasteiger partial charge on any atom is 0.0223 e. The Labute approximate surface area is 106 Å². The molecule has 17 heavy (non-hydrogen) atoms. The summed E-state index contributed by atoms with van der Waals surface area (Å²) in [6.07, 6.45) is 6.68. The van der Waals surface area contributed by atoms with Crippen molar-refractivity contribution in [3.8, 4) is 0 Å². The van der Waals surface area contributed by atoms with Gasteiger partial charge in [0.15, 0.2) is 0 Å². The van der Waals surface area contributed by atoms with Crippen LogP contribution in [0.5, 0.6) is 0 Å². The minimum atomic E-state index is 0.806. The Morgan fingerprint density at radius 3 is 2.76 bits per heavy atom. The summed E-state index contributed by atoms with van der Waals surface area (Å²) in [5.41, 5.74) is 5.58. The number of fused-ring (bicyclic) bond motifs is 2. The predicted octanol–water partition coefficient (Wildman–Crippen LogP) is 1.53. The molecule has 2 heterocycles. The lowest BCUT2D eigenvalue weighted by Crippen LogP contribution is -2.38. The van der Waals surface area contributed by atoms with Gasteiger partial charge in [-0.3, -0.25) is 4.90 Å². The molecular weight excluding hydrogens is 210 g/mol. The topological polar surface area (TPSA) is 32.5 Å². The van der Waals surface area contributed by atoms with E-state index in [0.717, 1.165) is 24.5 Å². The normalized spacial score (nSPS) is 32.6. The van der Waals surface area contributed by atoms with Crippen molar-refractivity contribution >= 4 is 0 Å². The summed E-state index contributed by atoms with van der Waals surface area (Å²) in [6, 6.07) is 1.69. The molecule has 3 atom stereocenters. The van der Waals surface area contributed by atoms with E-state index in [1.165, 1.54) is 51.7 Å². The van der Waals surface area contributed by atoms with Gasteiger partial charge in [-0.25, -0.2) is 0 Å². The first kappa shape index (κ1) is 13.3. The molecule has 2 rings (SSSR count). The first-order valence-electron chi connectivity index (χ1n) is 7.35. The Kier molecular flexibility index (Phi) is 4.83. The fourth-order valence-electron chi connectivity index (χ4n) is 3.54. The summed E-state index contributed by atoms with van der Waals surface area (Å²) >= 11 is 0. The van der Waals surface area contributed by atoms with Crippen LogP contribution < -0.4 is 5.73 Å². The van der Waals surface area contributed by atoms with E-state index in [-0.39, 0.29) is 0 Å². The van der Waals surface area contributed by atoms with E-state index in [4.69, 9.17) is 5.73 Å². The number of rotatable bonds is 5. The molecule has 0 saturated carbocycles. The maximum atomic E-state index is 5.58. The first-order chi connectivity index (χ1) is 8.20. The van der Waals surface area contributed by atoms with Crippen LogP contribution in [-0.4, -0.2) is 55.1 Å². The molecule has 0 aromatic carbocycles. The highest BCUT2D eigenvalue weighted by atomic mass is 15.3. The van der Waals surface area contributed by atoms with Crippen molar-refractivity contribution in [1.29, 1.82) is 0 Å². The van der Waals surface area contributed by atoms with Gasteiger partial charge in [-0.1, -0.05) is 6.92 Å². The van der Waals surface area contributed by atoms with Crippen LogP contribution in [0.25, 0.3) is 0 Å². The average Bonchev–Trinajstić information content (AvgIpc) is 2.55. The molecule has 0 radical (unpaired) electrons. The van der Waals surface area contributed by atoms with Gasteiger partial charge in [0.05, 0.1) is 0 Å². The van der Waals surface area contributed by atoms with Crippen LogP contribution in [-0.2, 0) is 0 Å². The Morgan fingerprint density at radius 1 is 1.24 bits per heavy atom.